The first-order chi connectivity index (χ1) is 5.20. The molecule has 0 radical (unpaired) electrons. The summed E-state index contributed by atoms with van der Waals surface area (Å²) in [7, 11) is -0.00702. The molecule has 0 aromatic rings. The first kappa shape index (κ1) is 11.1. The van der Waals surface area contributed by atoms with E-state index in [1.807, 2.05) is 0 Å². The van der Waals surface area contributed by atoms with Gasteiger partial charge in [-0.05, 0) is 18.6 Å². The van der Waals surface area contributed by atoms with Crippen LogP contribution in [-0.2, 0) is 0 Å². The highest BCUT2D eigenvalue weighted by molar-refractivity contribution is 6.33. The van der Waals surface area contributed by atoms with Crippen LogP contribution in [0.25, 0.3) is 0 Å². The zero-order valence-electron chi connectivity index (χ0n) is 8.35. The highest BCUT2D eigenvalue weighted by atomic mass is 28.2. The third kappa shape index (κ3) is 6.53. The van der Waals surface area contributed by atoms with Crippen molar-refractivity contribution in [3.05, 3.63) is 0 Å². The van der Waals surface area contributed by atoms with Gasteiger partial charge in [0.2, 0.25) is 0 Å². The number of nitrogens with zero attached hydrogens (tertiary/aromatic N) is 1. The molecule has 0 bridgehead atoms. The molecular formula is C8H22N2Si. The van der Waals surface area contributed by atoms with Crippen molar-refractivity contribution in [1.82, 2.24) is 9.88 Å². The van der Waals surface area contributed by atoms with Crippen molar-refractivity contribution >= 4 is 9.68 Å². The van der Waals surface area contributed by atoms with E-state index in [4.69, 9.17) is 0 Å². The first-order valence-electron chi connectivity index (χ1n) is 4.63. The molecule has 0 heterocycles. The maximum atomic E-state index is 3.55. The zero-order valence-corrected chi connectivity index (χ0v) is 9.77. The second-order valence-corrected chi connectivity index (χ2v) is 5.85. The van der Waals surface area contributed by atoms with Crippen LogP contribution in [0.3, 0.4) is 0 Å². The quantitative estimate of drug-likeness (QED) is 0.473. The summed E-state index contributed by atoms with van der Waals surface area (Å²) in [5, 5.41) is 0. The largest absolute Gasteiger partial charge is 0.330 e. The fourth-order valence-corrected chi connectivity index (χ4v) is 1.98. The van der Waals surface area contributed by atoms with Crippen molar-refractivity contribution in [2.24, 2.45) is 0 Å². The Morgan fingerprint density at radius 3 is 2.18 bits per heavy atom. The minimum Gasteiger partial charge on any atom is -0.330 e. The minimum absolute atomic E-state index is 0.00702. The van der Waals surface area contributed by atoms with E-state index in [1.54, 1.807) is 0 Å². The lowest BCUT2D eigenvalue weighted by Crippen LogP contribution is -2.36. The maximum Gasteiger partial charge on any atom is 0.0956 e. The van der Waals surface area contributed by atoms with Gasteiger partial charge in [0.1, 0.15) is 0 Å². The van der Waals surface area contributed by atoms with E-state index >= 15 is 0 Å². The van der Waals surface area contributed by atoms with E-state index in [0.717, 1.165) is 25.3 Å². The molecule has 0 aliphatic carbocycles. The smallest absolute Gasteiger partial charge is 0.0956 e. The molecule has 0 aromatic carbocycles. The van der Waals surface area contributed by atoms with E-state index in [2.05, 4.69) is 37.6 Å². The van der Waals surface area contributed by atoms with Gasteiger partial charge in [-0.25, -0.2) is 0 Å². The molecule has 0 unspecified atom stereocenters. The molecule has 0 aliphatic rings. The van der Waals surface area contributed by atoms with Gasteiger partial charge in [-0.2, -0.15) is 0 Å². The van der Waals surface area contributed by atoms with Gasteiger partial charge in [-0.15, -0.1) is 0 Å². The Balaban J connectivity index is 3.21. The summed E-state index contributed by atoms with van der Waals surface area (Å²) < 4.78 is 0. The lowest BCUT2D eigenvalue weighted by Gasteiger charge is -2.19. The summed E-state index contributed by atoms with van der Waals surface area (Å²) in [5.41, 5.74) is 0.894. The molecule has 0 saturated carbocycles. The van der Waals surface area contributed by atoms with E-state index in [0.29, 0.717) is 0 Å². The number of hydrogen-bond acceptors (Lipinski definition) is 2. The van der Waals surface area contributed by atoms with Crippen LogP contribution in [0.5, 0.6) is 0 Å². The van der Waals surface area contributed by atoms with Crippen molar-refractivity contribution < 1.29 is 0 Å². The molecule has 0 aromatic heterocycles. The molecule has 0 atom stereocenters. The Kier molecular flexibility index (Phi) is 6.91. The van der Waals surface area contributed by atoms with Gasteiger partial charge < -0.3 is 4.98 Å². The SMILES string of the molecule is CCN(CC)CN[SiH2]C(C)C. The zero-order chi connectivity index (χ0) is 8.69. The Hall–Kier alpha value is 0.137. The topological polar surface area (TPSA) is 15.3 Å². The Bertz CT molecular complexity index is 82.2. The summed E-state index contributed by atoms with van der Waals surface area (Å²) in [4.78, 5) is 5.96. The van der Waals surface area contributed by atoms with Gasteiger partial charge in [-0.1, -0.05) is 27.7 Å². The predicted octanol–water partition coefficient (Wildman–Crippen LogP) is 0.787. The third-order valence-electron chi connectivity index (χ3n) is 1.78. The molecule has 0 amide bonds. The van der Waals surface area contributed by atoms with Crippen molar-refractivity contribution in [1.29, 1.82) is 0 Å². The van der Waals surface area contributed by atoms with Gasteiger partial charge in [0.15, 0.2) is 0 Å². The predicted molar refractivity (Wildman–Crippen MR) is 54.6 cm³/mol. The Morgan fingerprint density at radius 1 is 1.27 bits per heavy atom. The van der Waals surface area contributed by atoms with E-state index < -0.39 is 0 Å². The summed E-state index contributed by atoms with van der Waals surface area (Å²) in [6, 6.07) is 0. The number of nitrogens with one attached hydrogen (secondary N) is 1. The van der Waals surface area contributed by atoms with Crippen LogP contribution in [0.2, 0.25) is 5.54 Å². The molecule has 0 rings (SSSR count). The monoisotopic (exact) mass is 174 g/mol. The Morgan fingerprint density at radius 2 is 1.82 bits per heavy atom. The van der Waals surface area contributed by atoms with Gasteiger partial charge in [0, 0.05) is 6.67 Å². The van der Waals surface area contributed by atoms with E-state index in [9.17, 15) is 0 Å². The molecule has 0 spiro atoms. The van der Waals surface area contributed by atoms with Gasteiger partial charge >= 0.3 is 0 Å². The fourth-order valence-electron chi connectivity index (χ4n) is 0.959. The summed E-state index contributed by atoms with van der Waals surface area (Å²) in [5.74, 6) is 0. The first-order valence-corrected chi connectivity index (χ1v) is 6.16. The van der Waals surface area contributed by atoms with E-state index in [1.165, 1.54) is 0 Å². The van der Waals surface area contributed by atoms with Crippen LogP contribution in [0.15, 0.2) is 0 Å². The molecule has 0 fully saturated rings. The van der Waals surface area contributed by atoms with Crippen LogP contribution in [0.1, 0.15) is 27.7 Å². The summed E-state index contributed by atoms with van der Waals surface area (Å²) in [6.45, 7) is 12.4. The highest BCUT2D eigenvalue weighted by Crippen LogP contribution is 1.93. The van der Waals surface area contributed by atoms with Gasteiger partial charge in [0.25, 0.3) is 0 Å². The van der Waals surface area contributed by atoms with Crippen LogP contribution in [-0.4, -0.2) is 34.3 Å². The van der Waals surface area contributed by atoms with Crippen LogP contribution < -0.4 is 4.98 Å². The summed E-state index contributed by atoms with van der Waals surface area (Å²) in [6.07, 6.45) is 0. The maximum absolute atomic E-state index is 3.55. The molecule has 0 saturated heterocycles. The minimum atomic E-state index is -0.00702. The van der Waals surface area contributed by atoms with Crippen molar-refractivity contribution in [2.45, 2.75) is 33.2 Å². The second-order valence-electron chi connectivity index (χ2n) is 3.31. The van der Waals surface area contributed by atoms with Gasteiger partial charge in [0.05, 0.1) is 9.68 Å². The molecule has 3 heteroatoms. The van der Waals surface area contributed by atoms with Crippen molar-refractivity contribution in [3.63, 3.8) is 0 Å². The normalized spacial score (nSPS) is 12.5. The molecule has 0 aliphatic heterocycles. The van der Waals surface area contributed by atoms with Crippen LogP contribution >= 0.6 is 0 Å². The summed E-state index contributed by atoms with van der Waals surface area (Å²) >= 11 is 0. The van der Waals surface area contributed by atoms with Crippen LogP contribution in [0.4, 0.5) is 0 Å². The second kappa shape index (κ2) is 6.82. The standard InChI is InChI=1S/C8H22N2Si/c1-5-10(6-2)7-9-11-8(3)4/h8-9H,5-7,11H2,1-4H3. The molecule has 1 N–H and O–H groups in total. The van der Waals surface area contributed by atoms with Gasteiger partial charge in [-0.3, -0.25) is 4.90 Å². The molecule has 11 heavy (non-hydrogen) atoms. The van der Waals surface area contributed by atoms with Crippen molar-refractivity contribution in [2.75, 3.05) is 19.8 Å². The van der Waals surface area contributed by atoms with Crippen LogP contribution in [0, 0.1) is 0 Å². The lowest BCUT2D eigenvalue weighted by atomic mass is 10.6. The molecular weight excluding hydrogens is 152 g/mol. The highest BCUT2D eigenvalue weighted by Gasteiger charge is 1.98. The number of hydrogen-bond donors (Lipinski definition) is 1. The average molecular weight is 174 g/mol. The third-order valence-corrected chi connectivity index (χ3v) is 3.11. The lowest BCUT2D eigenvalue weighted by molar-refractivity contribution is 0.300. The van der Waals surface area contributed by atoms with E-state index in [-0.39, 0.29) is 9.68 Å². The fraction of sp³-hybridized carbons (Fsp3) is 1.00. The molecule has 68 valence electrons. The average Bonchev–Trinajstić information content (AvgIpc) is 1.98. The van der Waals surface area contributed by atoms with Crippen molar-refractivity contribution in [3.8, 4) is 0 Å². The molecule has 2 nitrogen and oxygen atoms in total. The number of rotatable bonds is 6. The Labute approximate surface area is 73.3 Å².